The third kappa shape index (κ3) is 3.87. The lowest BCUT2D eigenvalue weighted by Gasteiger charge is -2.26. The predicted octanol–water partition coefficient (Wildman–Crippen LogP) is 3.80. The zero-order valence-electron chi connectivity index (χ0n) is 15.1. The van der Waals surface area contributed by atoms with Crippen LogP contribution in [0.1, 0.15) is 12.0 Å². The highest BCUT2D eigenvalue weighted by Gasteiger charge is 2.13. The van der Waals surface area contributed by atoms with Crippen molar-refractivity contribution >= 4 is 27.4 Å². The average Bonchev–Trinajstić information content (AvgIpc) is 3.12. The first-order valence-electron chi connectivity index (χ1n) is 9.14. The van der Waals surface area contributed by atoms with E-state index in [-0.39, 0.29) is 0 Å². The average molecular weight is 369 g/mol. The molecule has 3 heterocycles. The van der Waals surface area contributed by atoms with Gasteiger partial charge >= 0.3 is 0 Å². The fourth-order valence-corrected chi connectivity index (χ4v) is 4.20. The summed E-state index contributed by atoms with van der Waals surface area (Å²) in [5, 5.41) is 6.85. The monoisotopic (exact) mass is 368 g/mol. The SMILES string of the molecule is Cc1ccc(-c2csc3ncnc(NCCCN4CCOCC4)c23)cc1. The first-order valence-corrected chi connectivity index (χ1v) is 10.0. The van der Waals surface area contributed by atoms with Crippen molar-refractivity contribution in [2.24, 2.45) is 0 Å². The number of morpholine rings is 1. The van der Waals surface area contributed by atoms with Gasteiger partial charge in [0.1, 0.15) is 17.0 Å². The molecule has 1 N–H and O–H groups in total. The number of fused-ring (bicyclic) bond motifs is 1. The maximum atomic E-state index is 5.40. The van der Waals surface area contributed by atoms with E-state index >= 15 is 0 Å². The minimum Gasteiger partial charge on any atom is -0.379 e. The molecule has 0 unspecified atom stereocenters. The number of aromatic nitrogens is 2. The molecule has 4 rings (SSSR count). The Hall–Kier alpha value is -2.02. The molecule has 5 nitrogen and oxygen atoms in total. The van der Waals surface area contributed by atoms with Gasteiger partial charge in [0.2, 0.25) is 0 Å². The molecule has 0 atom stereocenters. The van der Waals surface area contributed by atoms with Crippen LogP contribution in [0.25, 0.3) is 21.3 Å². The zero-order valence-corrected chi connectivity index (χ0v) is 15.9. The van der Waals surface area contributed by atoms with E-state index in [0.717, 1.165) is 61.8 Å². The molecule has 3 aromatic rings. The van der Waals surface area contributed by atoms with E-state index in [2.05, 4.69) is 56.8 Å². The van der Waals surface area contributed by atoms with E-state index in [4.69, 9.17) is 4.74 Å². The van der Waals surface area contributed by atoms with Crippen LogP contribution in [0, 0.1) is 6.92 Å². The highest BCUT2D eigenvalue weighted by atomic mass is 32.1. The lowest BCUT2D eigenvalue weighted by atomic mass is 10.0. The van der Waals surface area contributed by atoms with Crippen molar-refractivity contribution < 1.29 is 4.74 Å². The number of nitrogens with one attached hydrogen (secondary N) is 1. The van der Waals surface area contributed by atoms with E-state index in [0.29, 0.717) is 0 Å². The van der Waals surface area contributed by atoms with Gasteiger partial charge in [-0.3, -0.25) is 4.90 Å². The Labute approximate surface area is 158 Å². The van der Waals surface area contributed by atoms with Crippen molar-refractivity contribution in [3.05, 3.63) is 41.5 Å². The van der Waals surface area contributed by atoms with Crippen LogP contribution in [0.5, 0.6) is 0 Å². The molecule has 1 aliphatic heterocycles. The van der Waals surface area contributed by atoms with Gasteiger partial charge in [-0.2, -0.15) is 0 Å². The summed E-state index contributed by atoms with van der Waals surface area (Å²) < 4.78 is 5.40. The Morgan fingerprint density at radius 3 is 2.77 bits per heavy atom. The highest BCUT2D eigenvalue weighted by Crippen LogP contribution is 2.36. The smallest absolute Gasteiger partial charge is 0.138 e. The Morgan fingerprint density at radius 2 is 1.96 bits per heavy atom. The minimum atomic E-state index is 0.856. The number of hydrogen-bond donors (Lipinski definition) is 1. The number of ether oxygens (including phenoxy) is 1. The second-order valence-corrected chi connectivity index (χ2v) is 7.51. The first kappa shape index (κ1) is 17.4. The Balaban J connectivity index is 1.48. The molecule has 26 heavy (non-hydrogen) atoms. The van der Waals surface area contributed by atoms with E-state index < -0.39 is 0 Å². The number of nitrogens with zero attached hydrogens (tertiary/aromatic N) is 3. The molecule has 0 bridgehead atoms. The number of aryl methyl sites for hydroxylation is 1. The van der Waals surface area contributed by atoms with Gasteiger partial charge in [0.25, 0.3) is 0 Å². The maximum absolute atomic E-state index is 5.40. The summed E-state index contributed by atoms with van der Waals surface area (Å²) in [4.78, 5) is 12.5. The van der Waals surface area contributed by atoms with Crippen molar-refractivity contribution in [3.63, 3.8) is 0 Å². The molecule has 0 saturated carbocycles. The molecule has 0 aliphatic carbocycles. The van der Waals surface area contributed by atoms with E-state index in [9.17, 15) is 0 Å². The fraction of sp³-hybridized carbons (Fsp3) is 0.400. The minimum absolute atomic E-state index is 0.856. The quantitative estimate of drug-likeness (QED) is 0.671. The summed E-state index contributed by atoms with van der Waals surface area (Å²) in [6, 6.07) is 8.65. The number of hydrogen-bond acceptors (Lipinski definition) is 6. The Bertz CT molecular complexity index is 856. The fourth-order valence-electron chi connectivity index (χ4n) is 3.29. The van der Waals surface area contributed by atoms with Crippen molar-refractivity contribution in [1.82, 2.24) is 14.9 Å². The van der Waals surface area contributed by atoms with Crippen LogP contribution in [-0.4, -0.2) is 54.3 Å². The molecule has 1 saturated heterocycles. The Kier molecular flexibility index (Phi) is 5.43. The largest absolute Gasteiger partial charge is 0.379 e. The molecule has 0 amide bonds. The summed E-state index contributed by atoms with van der Waals surface area (Å²) in [6.45, 7) is 7.91. The third-order valence-electron chi connectivity index (χ3n) is 4.78. The van der Waals surface area contributed by atoms with Gasteiger partial charge in [-0.25, -0.2) is 9.97 Å². The summed E-state index contributed by atoms with van der Waals surface area (Å²) in [5.74, 6) is 0.939. The summed E-state index contributed by atoms with van der Waals surface area (Å²) >= 11 is 1.68. The summed E-state index contributed by atoms with van der Waals surface area (Å²) in [7, 11) is 0. The van der Waals surface area contributed by atoms with E-state index in [1.54, 1.807) is 17.7 Å². The first-order chi connectivity index (χ1) is 12.8. The molecular formula is C20H24N4OS. The molecule has 136 valence electrons. The lowest BCUT2D eigenvalue weighted by molar-refractivity contribution is 0.0378. The van der Waals surface area contributed by atoms with Crippen molar-refractivity contribution in [2.75, 3.05) is 44.7 Å². The zero-order chi connectivity index (χ0) is 17.8. The van der Waals surface area contributed by atoms with Gasteiger partial charge in [-0.1, -0.05) is 29.8 Å². The third-order valence-corrected chi connectivity index (χ3v) is 5.67. The summed E-state index contributed by atoms with van der Waals surface area (Å²) in [5.41, 5.74) is 3.69. The van der Waals surface area contributed by atoms with Crippen LogP contribution in [0.3, 0.4) is 0 Å². The molecule has 1 fully saturated rings. The van der Waals surface area contributed by atoms with Crippen LogP contribution >= 0.6 is 11.3 Å². The second kappa shape index (κ2) is 8.12. The van der Waals surface area contributed by atoms with Gasteiger partial charge in [0.15, 0.2) is 0 Å². The van der Waals surface area contributed by atoms with Crippen molar-refractivity contribution in [1.29, 1.82) is 0 Å². The van der Waals surface area contributed by atoms with Gasteiger partial charge in [-0.15, -0.1) is 11.3 Å². The second-order valence-electron chi connectivity index (χ2n) is 6.65. The van der Waals surface area contributed by atoms with Crippen LogP contribution in [-0.2, 0) is 4.74 Å². The van der Waals surface area contributed by atoms with Crippen LogP contribution in [0.4, 0.5) is 5.82 Å². The number of thiophene rings is 1. The lowest BCUT2D eigenvalue weighted by Crippen LogP contribution is -2.37. The molecule has 0 radical (unpaired) electrons. The number of rotatable bonds is 6. The molecule has 0 spiro atoms. The predicted molar refractivity (Wildman–Crippen MR) is 108 cm³/mol. The standard InChI is InChI=1S/C20H24N4OS/c1-15-3-5-16(6-4-15)17-13-26-20-18(17)19(22-14-23-20)21-7-2-8-24-9-11-25-12-10-24/h3-6,13-14H,2,7-12H2,1H3,(H,21,22,23). The number of anilines is 1. The van der Waals surface area contributed by atoms with Gasteiger partial charge in [0.05, 0.1) is 18.6 Å². The van der Waals surface area contributed by atoms with Crippen molar-refractivity contribution in [2.45, 2.75) is 13.3 Å². The highest BCUT2D eigenvalue weighted by molar-refractivity contribution is 7.17. The molecular weight excluding hydrogens is 344 g/mol. The van der Waals surface area contributed by atoms with E-state index in [1.165, 1.54) is 16.7 Å². The van der Waals surface area contributed by atoms with Crippen LogP contribution < -0.4 is 5.32 Å². The molecule has 1 aromatic carbocycles. The Morgan fingerprint density at radius 1 is 1.15 bits per heavy atom. The molecule has 6 heteroatoms. The van der Waals surface area contributed by atoms with Crippen molar-refractivity contribution in [3.8, 4) is 11.1 Å². The van der Waals surface area contributed by atoms with Crippen LogP contribution in [0.2, 0.25) is 0 Å². The summed E-state index contributed by atoms with van der Waals surface area (Å²) in [6.07, 6.45) is 2.75. The molecule has 1 aliphatic rings. The van der Waals surface area contributed by atoms with E-state index in [1.807, 2.05) is 0 Å². The van der Waals surface area contributed by atoms with Gasteiger partial charge in [-0.05, 0) is 25.5 Å². The molecule has 2 aromatic heterocycles. The number of benzene rings is 1. The maximum Gasteiger partial charge on any atom is 0.138 e. The van der Waals surface area contributed by atoms with Gasteiger partial charge in [0, 0.05) is 30.6 Å². The van der Waals surface area contributed by atoms with Crippen LogP contribution in [0.15, 0.2) is 36.0 Å². The topological polar surface area (TPSA) is 50.3 Å². The van der Waals surface area contributed by atoms with Gasteiger partial charge < -0.3 is 10.1 Å². The normalized spacial score (nSPS) is 15.4.